The zero-order valence-corrected chi connectivity index (χ0v) is 28.9. The summed E-state index contributed by atoms with van der Waals surface area (Å²) in [5.41, 5.74) is 7.32. The smallest absolute Gasteiger partial charge is 0.253 e. The molecule has 1 unspecified atom stereocenters. The third-order valence-corrected chi connectivity index (χ3v) is 4.62. The number of ether oxygens (including phenoxy) is 1. The average Bonchev–Trinajstić information content (AvgIpc) is 3.69. The van der Waals surface area contributed by atoms with E-state index in [9.17, 15) is 4.79 Å². The molecule has 0 saturated heterocycles. The van der Waals surface area contributed by atoms with Crippen molar-refractivity contribution in [1.82, 2.24) is 14.7 Å². The molecule has 1 atom stereocenters. The maximum Gasteiger partial charge on any atom is 0.253 e. The van der Waals surface area contributed by atoms with E-state index in [2.05, 4.69) is 29.7 Å². The van der Waals surface area contributed by atoms with Crippen LogP contribution in [0.1, 0.15) is 101 Å². The lowest BCUT2D eigenvalue weighted by Gasteiger charge is -2.10. The first kappa shape index (κ1) is 46.8. The summed E-state index contributed by atoms with van der Waals surface area (Å²) in [4.78, 5) is 17.2. The Morgan fingerprint density at radius 1 is 1.18 bits per heavy atom. The highest BCUT2D eigenvalue weighted by molar-refractivity contribution is 8.02. The number of carbonyl (C=O) groups is 1. The monoisotopic (exact) mass is 579 g/mol. The fourth-order valence-electron chi connectivity index (χ4n) is 2.03. The van der Waals surface area contributed by atoms with Crippen LogP contribution in [0.2, 0.25) is 0 Å². The van der Waals surface area contributed by atoms with Gasteiger partial charge in [-0.15, -0.1) is 18.3 Å². The van der Waals surface area contributed by atoms with Crippen LogP contribution in [0.3, 0.4) is 0 Å². The number of nitrogens with zero attached hydrogens (tertiary/aromatic N) is 4. The molecular weight excluding hydrogens is 518 g/mol. The van der Waals surface area contributed by atoms with Gasteiger partial charge in [0.1, 0.15) is 6.61 Å². The Kier molecular flexibility index (Phi) is 44.7. The van der Waals surface area contributed by atoms with Gasteiger partial charge in [-0.3, -0.25) is 14.5 Å². The van der Waals surface area contributed by atoms with E-state index in [1.165, 1.54) is 11.6 Å². The zero-order valence-electron chi connectivity index (χ0n) is 28.1. The first-order valence-electron chi connectivity index (χ1n) is 14.3. The number of thioether (sulfide) groups is 1. The number of allylic oxidation sites excluding steroid dienone is 4. The molecule has 7 nitrogen and oxygen atoms in total. The summed E-state index contributed by atoms with van der Waals surface area (Å²) in [6, 6.07) is 0. The molecule has 0 fully saturated rings. The third kappa shape index (κ3) is 29.6. The van der Waals surface area contributed by atoms with Crippen molar-refractivity contribution < 1.29 is 9.53 Å². The molecule has 1 aromatic rings. The topological polar surface area (TPSA) is 85.7 Å². The summed E-state index contributed by atoms with van der Waals surface area (Å²) in [5.74, 6) is 1.70. The van der Waals surface area contributed by atoms with Gasteiger partial charge in [-0.1, -0.05) is 74.5 Å². The van der Waals surface area contributed by atoms with Crippen molar-refractivity contribution in [3.63, 3.8) is 0 Å². The Morgan fingerprint density at radius 2 is 1.73 bits per heavy atom. The maximum absolute atomic E-state index is 11.6. The first-order valence-corrected chi connectivity index (χ1v) is 15.3. The molecule has 8 heteroatoms. The van der Waals surface area contributed by atoms with Gasteiger partial charge in [-0.05, 0) is 44.7 Å². The average molecular weight is 580 g/mol. The van der Waals surface area contributed by atoms with E-state index in [-0.39, 0.29) is 12.5 Å². The molecule has 0 spiro atoms. The van der Waals surface area contributed by atoms with Crippen LogP contribution < -0.4 is 5.73 Å². The lowest BCUT2D eigenvalue weighted by molar-refractivity contribution is -0.122. The molecular formula is C32H61N5O2S. The predicted molar refractivity (Wildman–Crippen MR) is 182 cm³/mol. The summed E-state index contributed by atoms with van der Waals surface area (Å²) in [5, 5.41) is 5.99. The van der Waals surface area contributed by atoms with Crippen molar-refractivity contribution in [3.05, 3.63) is 78.1 Å². The molecule has 0 aliphatic carbocycles. The Labute approximate surface area is 252 Å². The molecule has 0 radical (unpaired) electrons. The van der Waals surface area contributed by atoms with Crippen molar-refractivity contribution in [1.29, 1.82) is 0 Å². The van der Waals surface area contributed by atoms with Crippen molar-refractivity contribution in [2.75, 3.05) is 12.5 Å². The minimum absolute atomic E-state index is 0.111. The maximum atomic E-state index is 11.6. The van der Waals surface area contributed by atoms with E-state index < -0.39 is 0 Å². The van der Waals surface area contributed by atoms with Gasteiger partial charge in [0.15, 0.2) is 0 Å². The van der Waals surface area contributed by atoms with E-state index in [1.54, 1.807) is 35.2 Å². The van der Waals surface area contributed by atoms with E-state index >= 15 is 0 Å². The summed E-state index contributed by atoms with van der Waals surface area (Å²) in [6.45, 7) is 29.2. The highest BCUT2D eigenvalue weighted by atomic mass is 32.2. The van der Waals surface area contributed by atoms with Gasteiger partial charge < -0.3 is 15.4 Å². The minimum Gasteiger partial charge on any atom is -0.492 e. The van der Waals surface area contributed by atoms with Gasteiger partial charge in [0.25, 0.3) is 5.91 Å². The first-order chi connectivity index (χ1) is 19.3. The van der Waals surface area contributed by atoms with Gasteiger partial charge in [0, 0.05) is 43.9 Å². The second kappa shape index (κ2) is 38.1. The van der Waals surface area contributed by atoms with Gasteiger partial charge >= 0.3 is 0 Å². The highest BCUT2D eigenvalue weighted by Crippen LogP contribution is 2.16. The quantitative estimate of drug-likeness (QED) is 0.151. The molecule has 2 rings (SSSR count). The minimum atomic E-state index is -0.111. The van der Waals surface area contributed by atoms with Crippen LogP contribution in [0.4, 0.5) is 0 Å². The van der Waals surface area contributed by atoms with Crippen molar-refractivity contribution >= 4 is 23.9 Å². The summed E-state index contributed by atoms with van der Waals surface area (Å²) >= 11 is 1.57. The summed E-state index contributed by atoms with van der Waals surface area (Å²) < 4.78 is 7.10. The number of rotatable bonds is 7. The number of aryl methyl sites for hydroxylation is 1. The van der Waals surface area contributed by atoms with Gasteiger partial charge in [-0.2, -0.15) is 5.10 Å². The second-order valence-electron chi connectivity index (χ2n) is 6.69. The van der Waals surface area contributed by atoms with Crippen molar-refractivity contribution in [2.24, 2.45) is 17.8 Å². The molecule has 2 heterocycles. The van der Waals surface area contributed by atoms with E-state index in [4.69, 9.17) is 10.5 Å². The molecule has 1 aliphatic heterocycles. The van der Waals surface area contributed by atoms with E-state index in [0.717, 1.165) is 5.76 Å². The number of aromatic nitrogens is 2. The summed E-state index contributed by atoms with van der Waals surface area (Å²) in [7, 11) is 1.92. The molecule has 232 valence electrons. The Hall–Kier alpha value is -3.00. The zero-order chi connectivity index (χ0) is 32.4. The second-order valence-corrected chi connectivity index (χ2v) is 7.55. The normalized spacial score (nSPS) is 12.3. The lowest BCUT2D eigenvalue weighted by atomic mass is 10.1. The lowest BCUT2D eigenvalue weighted by Crippen LogP contribution is -2.22. The van der Waals surface area contributed by atoms with Crippen LogP contribution in [-0.4, -0.2) is 39.3 Å². The van der Waals surface area contributed by atoms with Crippen LogP contribution >= 0.6 is 11.8 Å². The number of hydrogen-bond donors (Lipinski definition) is 1. The molecule has 0 aromatic carbocycles. The highest BCUT2D eigenvalue weighted by Gasteiger charge is 2.11. The Balaban J connectivity index is -0.000000153. The van der Waals surface area contributed by atoms with Gasteiger partial charge in [-0.25, -0.2) is 0 Å². The van der Waals surface area contributed by atoms with Crippen LogP contribution in [0.15, 0.2) is 77.5 Å². The van der Waals surface area contributed by atoms with Crippen molar-refractivity contribution in [2.45, 2.75) is 95.9 Å². The molecule has 2 N–H and O–H groups in total. The van der Waals surface area contributed by atoms with Gasteiger partial charge in [0.2, 0.25) is 0 Å². The standard InChI is InChI=1S/C11H16N2O2S.C10H15N3.C3H6.4C2H6/c1-3-9(2)15-7-10(12)6-11(14)13-4-5-16-8-13;1-4-11-6-5-9(2)10-7-12-13(3)8-10;1-3-2;4*1-2/h3-6H,7-8,12H2,1-2H3;4-9H,1-3H3;3H,1H2,2H3;4*1-2H3/b9-3+,10-6-;6-5-,11-4?;;;;;. The molecule has 0 saturated carbocycles. The van der Waals surface area contributed by atoms with Crippen molar-refractivity contribution in [3.8, 4) is 0 Å². The number of aliphatic imine (C=N–C) groups is 1. The van der Waals surface area contributed by atoms with Gasteiger partial charge in [0.05, 0.1) is 23.5 Å². The summed E-state index contributed by atoms with van der Waals surface area (Å²) in [6.07, 6.45) is 16.3. The predicted octanol–water partition coefficient (Wildman–Crippen LogP) is 9.20. The SMILES string of the molecule is C/C=C(\C)OC/C(N)=C/C(=O)N1C=CSC1.C=CC.CC.CC.CC.CC.CC=N/C=C\C(C)c1cnn(C)c1. The Bertz CT molecular complexity index is 840. The number of hydrogen-bond acceptors (Lipinski definition) is 6. The van der Waals surface area contributed by atoms with E-state index in [1.807, 2.05) is 125 Å². The largest absolute Gasteiger partial charge is 0.492 e. The Morgan fingerprint density at radius 3 is 2.12 bits per heavy atom. The molecule has 40 heavy (non-hydrogen) atoms. The number of carbonyl (C=O) groups excluding carboxylic acids is 1. The molecule has 1 amide bonds. The fraction of sp³-hybridized carbons (Fsp3) is 0.531. The van der Waals surface area contributed by atoms with E-state index in [0.29, 0.717) is 17.5 Å². The molecule has 0 bridgehead atoms. The van der Waals surface area contributed by atoms with Crippen LogP contribution in [0, 0.1) is 0 Å². The van der Waals surface area contributed by atoms with Crippen LogP contribution in [0.5, 0.6) is 0 Å². The van der Waals surface area contributed by atoms with Crippen LogP contribution in [-0.2, 0) is 16.6 Å². The fourth-order valence-corrected chi connectivity index (χ4v) is 2.73. The number of amides is 1. The molecule has 1 aliphatic rings. The number of nitrogens with two attached hydrogens (primary N) is 1. The molecule has 1 aromatic heterocycles. The third-order valence-electron chi connectivity index (χ3n) is 3.88. The van der Waals surface area contributed by atoms with Crippen LogP contribution in [0.25, 0.3) is 0 Å².